The Hall–Kier alpha value is -0.770. The third kappa shape index (κ3) is 5.35. The van der Waals surface area contributed by atoms with Crippen LogP contribution in [0.5, 0.6) is 5.75 Å². The number of ether oxygens (including phenoxy) is 3. The molecular weight excluding hydrogens is 228 g/mol. The molecule has 0 N–H and O–H groups in total. The Kier molecular flexibility index (Phi) is 6.97. The van der Waals surface area contributed by atoms with E-state index in [9.17, 15) is 0 Å². The van der Waals surface area contributed by atoms with Gasteiger partial charge < -0.3 is 14.2 Å². The van der Waals surface area contributed by atoms with Gasteiger partial charge in [-0.2, -0.15) is 0 Å². The maximum absolute atomic E-state index is 5.68. The summed E-state index contributed by atoms with van der Waals surface area (Å²) in [4.78, 5) is 0. The van der Waals surface area contributed by atoms with Crippen molar-refractivity contribution in [2.45, 2.75) is 5.88 Å². The number of benzene rings is 1. The summed E-state index contributed by atoms with van der Waals surface area (Å²) >= 11 is 5.68. The molecule has 0 aliphatic rings. The van der Waals surface area contributed by atoms with Crippen molar-refractivity contribution in [3.63, 3.8) is 0 Å². The molecule has 0 amide bonds. The van der Waals surface area contributed by atoms with E-state index in [1.807, 2.05) is 24.3 Å². The standard InChI is InChI=1S/C12H17ClO3/c1-14-6-7-15-8-9-16-12-4-2-11(10-13)3-5-12/h2-5H,6-10H2,1H3. The second-order valence-corrected chi connectivity index (χ2v) is 3.50. The molecule has 1 aromatic carbocycles. The Morgan fingerprint density at radius 3 is 2.31 bits per heavy atom. The van der Waals surface area contributed by atoms with Gasteiger partial charge in [-0.15, -0.1) is 11.6 Å². The molecule has 0 radical (unpaired) electrons. The highest BCUT2D eigenvalue weighted by Crippen LogP contribution is 2.13. The molecule has 0 fully saturated rings. The number of halogens is 1. The molecule has 0 aliphatic heterocycles. The minimum Gasteiger partial charge on any atom is -0.491 e. The summed E-state index contributed by atoms with van der Waals surface area (Å²) < 4.78 is 15.6. The van der Waals surface area contributed by atoms with Gasteiger partial charge in [0.2, 0.25) is 0 Å². The maximum atomic E-state index is 5.68. The fourth-order valence-corrected chi connectivity index (χ4v) is 1.32. The van der Waals surface area contributed by atoms with Crippen LogP contribution in [0.4, 0.5) is 0 Å². The van der Waals surface area contributed by atoms with Gasteiger partial charge >= 0.3 is 0 Å². The first-order chi connectivity index (χ1) is 7.86. The number of hydrogen-bond donors (Lipinski definition) is 0. The lowest BCUT2D eigenvalue weighted by molar-refractivity contribution is 0.0544. The first-order valence-electron chi connectivity index (χ1n) is 5.21. The second kappa shape index (κ2) is 8.39. The van der Waals surface area contributed by atoms with Crippen molar-refractivity contribution in [1.82, 2.24) is 0 Å². The van der Waals surface area contributed by atoms with Gasteiger partial charge in [0.1, 0.15) is 12.4 Å². The molecule has 0 atom stereocenters. The number of hydrogen-bond acceptors (Lipinski definition) is 3. The van der Waals surface area contributed by atoms with Crippen LogP contribution in [0.2, 0.25) is 0 Å². The summed E-state index contributed by atoms with van der Waals surface area (Å²) in [7, 11) is 1.65. The van der Waals surface area contributed by atoms with Gasteiger partial charge in [0.25, 0.3) is 0 Å². The van der Waals surface area contributed by atoms with Gasteiger partial charge in [-0.3, -0.25) is 0 Å². The lowest BCUT2D eigenvalue weighted by Gasteiger charge is -2.07. The molecule has 0 saturated carbocycles. The van der Waals surface area contributed by atoms with Gasteiger partial charge in [0.15, 0.2) is 0 Å². The summed E-state index contributed by atoms with van der Waals surface area (Å²) in [6.07, 6.45) is 0. The fraction of sp³-hybridized carbons (Fsp3) is 0.500. The SMILES string of the molecule is COCCOCCOc1ccc(CCl)cc1. The van der Waals surface area contributed by atoms with Crippen LogP contribution in [0.15, 0.2) is 24.3 Å². The van der Waals surface area contributed by atoms with Gasteiger partial charge in [-0.25, -0.2) is 0 Å². The number of alkyl halides is 1. The van der Waals surface area contributed by atoms with Crippen molar-refractivity contribution in [2.75, 3.05) is 33.5 Å². The quantitative estimate of drug-likeness (QED) is 0.519. The lowest BCUT2D eigenvalue weighted by atomic mass is 10.2. The predicted molar refractivity (Wildman–Crippen MR) is 64.2 cm³/mol. The highest BCUT2D eigenvalue weighted by atomic mass is 35.5. The molecule has 0 aliphatic carbocycles. The largest absolute Gasteiger partial charge is 0.491 e. The van der Waals surface area contributed by atoms with Crippen molar-refractivity contribution in [2.24, 2.45) is 0 Å². The van der Waals surface area contributed by atoms with Crippen LogP contribution >= 0.6 is 11.6 Å². The number of methoxy groups -OCH3 is 1. The third-order valence-corrected chi connectivity index (χ3v) is 2.31. The van der Waals surface area contributed by atoms with Gasteiger partial charge in [0.05, 0.1) is 19.8 Å². The minimum absolute atomic E-state index is 0.528. The van der Waals surface area contributed by atoms with Crippen LogP contribution in [0, 0.1) is 0 Å². The highest BCUT2D eigenvalue weighted by molar-refractivity contribution is 6.17. The Morgan fingerprint density at radius 2 is 1.69 bits per heavy atom. The Labute approximate surface area is 101 Å². The third-order valence-electron chi connectivity index (χ3n) is 2.01. The zero-order valence-electron chi connectivity index (χ0n) is 9.45. The summed E-state index contributed by atoms with van der Waals surface area (Å²) in [5, 5.41) is 0. The molecule has 16 heavy (non-hydrogen) atoms. The average molecular weight is 245 g/mol. The number of rotatable bonds is 8. The first-order valence-corrected chi connectivity index (χ1v) is 5.74. The summed E-state index contributed by atoms with van der Waals surface area (Å²) in [6.45, 7) is 2.33. The normalized spacial score (nSPS) is 10.4. The van der Waals surface area contributed by atoms with E-state index in [1.54, 1.807) is 7.11 Å². The summed E-state index contributed by atoms with van der Waals surface area (Å²) in [5.74, 6) is 1.37. The first kappa shape index (κ1) is 13.3. The molecule has 3 nitrogen and oxygen atoms in total. The van der Waals surface area contributed by atoms with E-state index in [1.165, 1.54) is 0 Å². The van der Waals surface area contributed by atoms with E-state index in [-0.39, 0.29) is 0 Å². The van der Waals surface area contributed by atoms with E-state index in [0.717, 1.165) is 11.3 Å². The van der Waals surface area contributed by atoms with Crippen molar-refractivity contribution in [3.05, 3.63) is 29.8 Å². The Bertz CT molecular complexity index is 274. The van der Waals surface area contributed by atoms with E-state index in [4.69, 9.17) is 25.8 Å². The van der Waals surface area contributed by atoms with Gasteiger partial charge in [-0.1, -0.05) is 12.1 Å². The fourth-order valence-electron chi connectivity index (χ4n) is 1.14. The molecule has 4 heteroatoms. The van der Waals surface area contributed by atoms with Gasteiger partial charge in [0, 0.05) is 13.0 Å². The topological polar surface area (TPSA) is 27.7 Å². The average Bonchev–Trinajstić information content (AvgIpc) is 2.34. The summed E-state index contributed by atoms with van der Waals surface area (Å²) in [6, 6.07) is 7.72. The van der Waals surface area contributed by atoms with Crippen LogP contribution in [0.1, 0.15) is 5.56 Å². The minimum atomic E-state index is 0.528. The Balaban J connectivity index is 2.12. The zero-order valence-corrected chi connectivity index (χ0v) is 10.2. The van der Waals surface area contributed by atoms with E-state index in [2.05, 4.69) is 0 Å². The van der Waals surface area contributed by atoms with Crippen molar-refractivity contribution in [1.29, 1.82) is 0 Å². The predicted octanol–water partition coefficient (Wildman–Crippen LogP) is 2.47. The molecule has 0 heterocycles. The molecule has 1 aromatic rings. The van der Waals surface area contributed by atoms with Gasteiger partial charge in [-0.05, 0) is 17.7 Å². The molecule has 0 aromatic heterocycles. The van der Waals surface area contributed by atoms with Crippen LogP contribution in [-0.4, -0.2) is 33.5 Å². The van der Waals surface area contributed by atoms with E-state index < -0.39 is 0 Å². The van der Waals surface area contributed by atoms with Crippen LogP contribution in [0.25, 0.3) is 0 Å². The molecular formula is C12H17ClO3. The van der Waals surface area contributed by atoms with E-state index in [0.29, 0.717) is 32.3 Å². The molecule has 1 rings (SSSR count). The summed E-state index contributed by atoms with van der Waals surface area (Å²) in [5.41, 5.74) is 1.09. The zero-order chi connectivity index (χ0) is 11.6. The molecule has 0 saturated heterocycles. The van der Waals surface area contributed by atoms with Crippen molar-refractivity contribution < 1.29 is 14.2 Å². The van der Waals surface area contributed by atoms with E-state index >= 15 is 0 Å². The van der Waals surface area contributed by atoms with Crippen LogP contribution in [0.3, 0.4) is 0 Å². The van der Waals surface area contributed by atoms with Crippen LogP contribution in [-0.2, 0) is 15.4 Å². The van der Waals surface area contributed by atoms with Crippen molar-refractivity contribution in [3.8, 4) is 5.75 Å². The van der Waals surface area contributed by atoms with Crippen LogP contribution < -0.4 is 4.74 Å². The monoisotopic (exact) mass is 244 g/mol. The highest BCUT2D eigenvalue weighted by Gasteiger charge is 1.94. The molecule has 0 unspecified atom stereocenters. The smallest absolute Gasteiger partial charge is 0.119 e. The Morgan fingerprint density at radius 1 is 1.00 bits per heavy atom. The molecule has 0 spiro atoms. The second-order valence-electron chi connectivity index (χ2n) is 3.23. The maximum Gasteiger partial charge on any atom is 0.119 e. The lowest BCUT2D eigenvalue weighted by Crippen LogP contribution is -2.09. The molecule has 90 valence electrons. The van der Waals surface area contributed by atoms with Crippen molar-refractivity contribution >= 4 is 11.6 Å². The molecule has 0 bridgehead atoms.